The van der Waals surface area contributed by atoms with Crippen molar-refractivity contribution >= 4 is 26.6 Å². The average Bonchev–Trinajstić information content (AvgIpc) is 2.69. The summed E-state index contributed by atoms with van der Waals surface area (Å²) in [7, 11) is -3.49. The Kier molecular flexibility index (Phi) is 3.30. The molecule has 0 atom stereocenters. The number of aromatic nitrogens is 1. The van der Waals surface area contributed by atoms with Crippen LogP contribution >= 0.6 is 0 Å². The number of nitrogens with two attached hydrogens (primary N) is 1. The molecule has 2 aromatic rings. The summed E-state index contributed by atoms with van der Waals surface area (Å²) in [6, 6.07) is 4.89. The van der Waals surface area contributed by atoms with Crippen LogP contribution in [0.25, 0.3) is 11.1 Å². The van der Waals surface area contributed by atoms with E-state index in [-0.39, 0.29) is 16.4 Å². The molecular formula is C13H18N2O3S. The van der Waals surface area contributed by atoms with Crippen molar-refractivity contribution in [3.8, 4) is 0 Å². The highest BCUT2D eigenvalue weighted by atomic mass is 32.2. The van der Waals surface area contributed by atoms with Crippen molar-refractivity contribution < 1.29 is 12.8 Å². The monoisotopic (exact) mass is 282 g/mol. The molecular weight excluding hydrogens is 264 g/mol. The fourth-order valence-electron chi connectivity index (χ4n) is 1.58. The van der Waals surface area contributed by atoms with E-state index < -0.39 is 9.84 Å². The van der Waals surface area contributed by atoms with Gasteiger partial charge in [0.25, 0.3) is 0 Å². The number of oxazole rings is 1. The molecule has 0 saturated heterocycles. The number of anilines is 1. The lowest BCUT2D eigenvalue weighted by Crippen LogP contribution is -2.15. The molecule has 2 rings (SSSR count). The highest BCUT2D eigenvalue weighted by molar-refractivity contribution is 7.91. The number of hydrogen-bond donors (Lipinski definition) is 1. The van der Waals surface area contributed by atoms with E-state index in [4.69, 9.17) is 10.2 Å². The maximum atomic E-state index is 12.1. The Bertz CT molecular complexity index is 696. The molecule has 0 spiro atoms. The summed E-state index contributed by atoms with van der Waals surface area (Å²) in [5, 5.41) is -0.225. The first-order valence-corrected chi connectivity index (χ1v) is 7.71. The molecule has 0 aliphatic rings. The Morgan fingerprint density at radius 1 is 1.32 bits per heavy atom. The third kappa shape index (κ3) is 3.26. The molecule has 2 N–H and O–H groups in total. The van der Waals surface area contributed by atoms with E-state index in [0.29, 0.717) is 23.2 Å². The first-order chi connectivity index (χ1) is 8.67. The van der Waals surface area contributed by atoms with E-state index >= 15 is 0 Å². The molecule has 0 radical (unpaired) electrons. The number of rotatable bonds is 3. The number of hydrogen-bond acceptors (Lipinski definition) is 5. The van der Waals surface area contributed by atoms with Gasteiger partial charge >= 0.3 is 5.22 Å². The van der Waals surface area contributed by atoms with Crippen LogP contribution in [0.1, 0.15) is 27.2 Å². The van der Waals surface area contributed by atoms with Gasteiger partial charge in [-0.25, -0.2) is 8.42 Å². The van der Waals surface area contributed by atoms with Crippen molar-refractivity contribution in [3.63, 3.8) is 0 Å². The first kappa shape index (κ1) is 13.9. The number of fused-ring (bicyclic) bond motifs is 1. The Hall–Kier alpha value is -1.56. The summed E-state index contributed by atoms with van der Waals surface area (Å²) in [6.07, 6.45) is 0.552. The summed E-state index contributed by atoms with van der Waals surface area (Å²) in [6.45, 7) is 5.99. The zero-order valence-corrected chi connectivity index (χ0v) is 12.1. The predicted octanol–water partition coefficient (Wildman–Crippen LogP) is 2.62. The largest absolute Gasteiger partial charge is 0.428 e. The molecule has 1 aromatic heterocycles. The van der Waals surface area contributed by atoms with Gasteiger partial charge in [0, 0.05) is 11.8 Å². The topological polar surface area (TPSA) is 86.2 Å². The van der Waals surface area contributed by atoms with Crippen molar-refractivity contribution in [2.75, 3.05) is 11.5 Å². The van der Waals surface area contributed by atoms with Gasteiger partial charge in [-0.15, -0.1) is 0 Å². The molecule has 0 aliphatic carbocycles. The molecule has 6 heteroatoms. The van der Waals surface area contributed by atoms with E-state index in [9.17, 15) is 8.42 Å². The quantitative estimate of drug-likeness (QED) is 0.874. The normalized spacial score (nSPS) is 13.0. The smallest absolute Gasteiger partial charge is 0.316 e. The van der Waals surface area contributed by atoms with Gasteiger partial charge in [-0.3, -0.25) is 0 Å². The van der Waals surface area contributed by atoms with Gasteiger partial charge in [0.1, 0.15) is 5.52 Å². The average molecular weight is 282 g/mol. The molecule has 0 fully saturated rings. The SMILES string of the molecule is CC(C)(C)CCS(=O)(=O)c1nc2ccc(N)cc2o1. The van der Waals surface area contributed by atoms with Gasteiger partial charge in [0.15, 0.2) is 5.58 Å². The van der Waals surface area contributed by atoms with Crippen LogP contribution in [-0.2, 0) is 9.84 Å². The lowest BCUT2D eigenvalue weighted by molar-refractivity contribution is 0.392. The van der Waals surface area contributed by atoms with Crippen molar-refractivity contribution in [2.45, 2.75) is 32.4 Å². The van der Waals surface area contributed by atoms with Crippen LogP contribution in [0.4, 0.5) is 5.69 Å². The second-order valence-corrected chi connectivity index (χ2v) is 7.82. The van der Waals surface area contributed by atoms with Crippen LogP contribution in [0.3, 0.4) is 0 Å². The molecule has 0 bridgehead atoms. The van der Waals surface area contributed by atoms with Crippen LogP contribution in [0.15, 0.2) is 27.8 Å². The summed E-state index contributed by atoms with van der Waals surface area (Å²) in [5.41, 5.74) is 6.99. The van der Waals surface area contributed by atoms with E-state index in [1.165, 1.54) is 0 Å². The molecule has 0 unspecified atom stereocenters. The Morgan fingerprint density at radius 2 is 2.00 bits per heavy atom. The van der Waals surface area contributed by atoms with Gasteiger partial charge in [0.05, 0.1) is 5.75 Å². The molecule has 0 saturated carbocycles. The maximum absolute atomic E-state index is 12.1. The van der Waals surface area contributed by atoms with Gasteiger partial charge in [-0.2, -0.15) is 4.98 Å². The summed E-state index contributed by atoms with van der Waals surface area (Å²) in [4.78, 5) is 4.02. The fourth-order valence-corrected chi connectivity index (χ4v) is 3.09. The summed E-state index contributed by atoms with van der Waals surface area (Å²) in [5.74, 6) is 0.0266. The number of nitrogens with zero attached hydrogens (tertiary/aromatic N) is 1. The second-order valence-electron chi connectivity index (χ2n) is 5.84. The van der Waals surface area contributed by atoms with E-state index in [2.05, 4.69) is 4.98 Å². The van der Waals surface area contributed by atoms with Crippen LogP contribution in [0.5, 0.6) is 0 Å². The Morgan fingerprint density at radius 3 is 2.63 bits per heavy atom. The highest BCUT2D eigenvalue weighted by Gasteiger charge is 2.24. The van der Waals surface area contributed by atoms with Gasteiger partial charge in [-0.05, 0) is 24.0 Å². The van der Waals surface area contributed by atoms with Crippen molar-refractivity contribution in [3.05, 3.63) is 18.2 Å². The molecule has 1 aromatic carbocycles. The van der Waals surface area contributed by atoms with E-state index in [0.717, 1.165) is 0 Å². The van der Waals surface area contributed by atoms with Crippen LogP contribution < -0.4 is 5.73 Å². The minimum absolute atomic E-state index is 0.0266. The third-order valence-electron chi connectivity index (χ3n) is 2.78. The zero-order valence-electron chi connectivity index (χ0n) is 11.3. The minimum atomic E-state index is -3.49. The molecule has 0 aliphatic heterocycles. The third-order valence-corrected chi connectivity index (χ3v) is 4.23. The molecule has 19 heavy (non-hydrogen) atoms. The number of nitrogen functional groups attached to an aromatic ring is 1. The maximum Gasteiger partial charge on any atom is 0.316 e. The van der Waals surface area contributed by atoms with Crippen molar-refractivity contribution in [2.24, 2.45) is 5.41 Å². The van der Waals surface area contributed by atoms with Gasteiger partial charge < -0.3 is 10.2 Å². The second kappa shape index (κ2) is 4.52. The van der Waals surface area contributed by atoms with E-state index in [1.54, 1.807) is 18.2 Å². The van der Waals surface area contributed by atoms with Crippen molar-refractivity contribution in [1.82, 2.24) is 4.98 Å². The molecule has 104 valence electrons. The number of sulfone groups is 1. The van der Waals surface area contributed by atoms with Crippen LogP contribution in [-0.4, -0.2) is 19.2 Å². The highest BCUT2D eigenvalue weighted by Crippen LogP contribution is 2.25. The van der Waals surface area contributed by atoms with Crippen LogP contribution in [0.2, 0.25) is 0 Å². The van der Waals surface area contributed by atoms with Crippen LogP contribution in [0, 0.1) is 5.41 Å². The minimum Gasteiger partial charge on any atom is -0.428 e. The van der Waals surface area contributed by atoms with Gasteiger partial charge in [-0.1, -0.05) is 20.8 Å². The molecule has 5 nitrogen and oxygen atoms in total. The summed E-state index contributed by atoms with van der Waals surface area (Å²) < 4.78 is 29.6. The lowest BCUT2D eigenvalue weighted by Gasteiger charge is -2.16. The predicted molar refractivity (Wildman–Crippen MR) is 74.5 cm³/mol. The fraction of sp³-hybridized carbons (Fsp3) is 0.462. The first-order valence-electron chi connectivity index (χ1n) is 6.06. The zero-order chi connectivity index (χ0) is 14.3. The van der Waals surface area contributed by atoms with Crippen molar-refractivity contribution in [1.29, 1.82) is 0 Å². The van der Waals surface area contributed by atoms with Gasteiger partial charge in [0.2, 0.25) is 9.84 Å². The molecule has 1 heterocycles. The Labute approximate surface area is 112 Å². The molecule has 0 amide bonds. The number of benzene rings is 1. The standard InChI is InChI=1S/C13H18N2O3S/c1-13(2,3)6-7-19(16,17)12-15-10-5-4-9(14)8-11(10)18-12/h4-5,8H,6-7,14H2,1-3H3. The Balaban J connectivity index is 2.33. The lowest BCUT2D eigenvalue weighted by atomic mass is 9.94. The van der Waals surface area contributed by atoms with E-state index in [1.807, 2.05) is 20.8 Å². The summed E-state index contributed by atoms with van der Waals surface area (Å²) >= 11 is 0.